The predicted molar refractivity (Wildman–Crippen MR) is 102 cm³/mol. The molecule has 142 valence electrons. The van der Waals surface area contributed by atoms with E-state index >= 15 is 0 Å². The lowest BCUT2D eigenvalue weighted by Crippen LogP contribution is -2.14. The van der Waals surface area contributed by atoms with Crippen LogP contribution in [0, 0.1) is 5.82 Å². The molecule has 7 heteroatoms. The smallest absolute Gasteiger partial charge is 0.348 e. The maximum Gasteiger partial charge on any atom is 0.348 e. The Morgan fingerprint density at radius 3 is 2.82 bits per heavy atom. The maximum absolute atomic E-state index is 13.4. The van der Waals surface area contributed by atoms with Gasteiger partial charge in [-0.2, -0.15) is 0 Å². The zero-order chi connectivity index (χ0) is 19.7. The number of ether oxygens (including phenoxy) is 3. The van der Waals surface area contributed by atoms with E-state index in [0.717, 1.165) is 27.8 Å². The highest BCUT2D eigenvalue weighted by atomic mass is 32.1. The van der Waals surface area contributed by atoms with Gasteiger partial charge in [0.05, 0.1) is 12.7 Å². The van der Waals surface area contributed by atoms with Gasteiger partial charge < -0.3 is 14.2 Å². The molecule has 0 atom stereocenters. The minimum Gasteiger partial charge on any atom is -0.496 e. The largest absolute Gasteiger partial charge is 0.496 e. The van der Waals surface area contributed by atoms with Crippen molar-refractivity contribution < 1.29 is 28.2 Å². The number of esters is 1. The molecule has 1 aliphatic rings. The molecule has 1 aliphatic heterocycles. The molecular weight excluding hydrogens is 383 g/mol. The van der Waals surface area contributed by atoms with Crippen molar-refractivity contribution in [3.05, 3.63) is 70.4 Å². The Hall–Kier alpha value is -3.19. The molecule has 0 spiro atoms. The Morgan fingerprint density at radius 1 is 1.18 bits per heavy atom. The summed E-state index contributed by atoms with van der Waals surface area (Å²) in [5.41, 5.74) is 1.85. The molecule has 28 heavy (non-hydrogen) atoms. The summed E-state index contributed by atoms with van der Waals surface area (Å²) in [6.45, 7) is -0.135. The minimum atomic E-state index is -0.611. The number of benzene rings is 2. The Bertz CT molecular complexity index is 1070. The summed E-state index contributed by atoms with van der Waals surface area (Å²) in [6.07, 6.45) is 0. The van der Waals surface area contributed by atoms with E-state index < -0.39 is 24.2 Å². The third kappa shape index (κ3) is 3.36. The van der Waals surface area contributed by atoms with Crippen LogP contribution in [0.5, 0.6) is 11.5 Å². The van der Waals surface area contributed by atoms with E-state index in [2.05, 4.69) is 0 Å². The fourth-order valence-electron chi connectivity index (χ4n) is 2.98. The van der Waals surface area contributed by atoms with Gasteiger partial charge in [0.1, 0.15) is 28.8 Å². The van der Waals surface area contributed by atoms with Gasteiger partial charge in [0, 0.05) is 16.0 Å². The monoisotopic (exact) mass is 398 g/mol. The zero-order valence-corrected chi connectivity index (χ0v) is 15.7. The van der Waals surface area contributed by atoms with Crippen molar-refractivity contribution in [2.45, 2.75) is 6.61 Å². The molecule has 0 N–H and O–H groups in total. The fourth-order valence-corrected chi connectivity index (χ4v) is 4.07. The lowest BCUT2D eigenvalue weighted by Gasteiger charge is -2.16. The van der Waals surface area contributed by atoms with Crippen molar-refractivity contribution in [3.63, 3.8) is 0 Å². The van der Waals surface area contributed by atoms with Gasteiger partial charge in [-0.3, -0.25) is 4.79 Å². The predicted octanol–water partition coefficient (Wildman–Crippen LogP) is 4.49. The summed E-state index contributed by atoms with van der Waals surface area (Å²) in [7, 11) is 1.38. The van der Waals surface area contributed by atoms with Crippen LogP contribution in [0.4, 0.5) is 4.39 Å². The first-order valence-corrected chi connectivity index (χ1v) is 9.27. The highest BCUT2D eigenvalue weighted by molar-refractivity contribution is 7.17. The molecule has 0 fully saturated rings. The number of halogens is 1. The van der Waals surface area contributed by atoms with Crippen LogP contribution in [0.1, 0.15) is 25.6 Å². The van der Waals surface area contributed by atoms with Gasteiger partial charge >= 0.3 is 5.97 Å². The first kappa shape index (κ1) is 18.2. The molecule has 0 unspecified atom stereocenters. The van der Waals surface area contributed by atoms with E-state index in [1.807, 2.05) is 24.3 Å². The highest BCUT2D eigenvalue weighted by Gasteiger charge is 2.24. The maximum atomic E-state index is 13.4. The van der Waals surface area contributed by atoms with Crippen LogP contribution < -0.4 is 9.47 Å². The number of methoxy groups -OCH3 is 1. The first-order chi connectivity index (χ1) is 13.6. The van der Waals surface area contributed by atoms with Crippen LogP contribution in [-0.2, 0) is 11.3 Å². The Kier molecular flexibility index (Phi) is 4.83. The molecule has 5 nitrogen and oxygen atoms in total. The van der Waals surface area contributed by atoms with E-state index in [1.54, 1.807) is 6.07 Å². The summed E-state index contributed by atoms with van der Waals surface area (Å²) in [5, 5.41) is 0. The molecule has 1 aromatic heterocycles. The van der Waals surface area contributed by atoms with Crippen molar-refractivity contribution in [1.29, 1.82) is 0 Å². The second-order valence-corrected chi connectivity index (χ2v) is 7.15. The topological polar surface area (TPSA) is 61.8 Å². The number of thiophene rings is 1. The molecule has 0 saturated carbocycles. The van der Waals surface area contributed by atoms with E-state index in [-0.39, 0.29) is 11.3 Å². The number of rotatable bonds is 5. The third-order valence-corrected chi connectivity index (χ3v) is 5.51. The third-order valence-electron chi connectivity index (χ3n) is 4.32. The number of fused-ring (bicyclic) bond motifs is 3. The summed E-state index contributed by atoms with van der Waals surface area (Å²) in [5.74, 6) is -0.728. The number of ketones is 1. The van der Waals surface area contributed by atoms with Crippen LogP contribution in [0.3, 0.4) is 0 Å². The molecule has 2 heterocycles. The van der Waals surface area contributed by atoms with Crippen molar-refractivity contribution in [2.24, 2.45) is 0 Å². The second kappa shape index (κ2) is 7.44. The number of hydrogen-bond donors (Lipinski definition) is 0. The molecule has 4 rings (SSSR count). The van der Waals surface area contributed by atoms with Crippen LogP contribution >= 0.6 is 11.3 Å². The number of carbonyl (C=O) groups excluding carboxylic acids is 2. The quantitative estimate of drug-likeness (QED) is 0.468. The zero-order valence-electron chi connectivity index (χ0n) is 14.9. The summed E-state index contributed by atoms with van der Waals surface area (Å²) in [6, 6.07) is 12.9. The van der Waals surface area contributed by atoms with Gasteiger partial charge in [0.2, 0.25) is 5.78 Å². The number of carbonyl (C=O) groups is 2. The summed E-state index contributed by atoms with van der Waals surface area (Å²) in [4.78, 5) is 26.1. The van der Waals surface area contributed by atoms with Crippen LogP contribution in [-0.4, -0.2) is 25.5 Å². The van der Waals surface area contributed by atoms with E-state index in [0.29, 0.717) is 11.5 Å². The van der Waals surface area contributed by atoms with Crippen molar-refractivity contribution >= 4 is 23.1 Å². The van der Waals surface area contributed by atoms with Crippen LogP contribution in [0.15, 0.2) is 48.5 Å². The number of Topliss-reactive ketones (excluding diaryl/α,β-unsaturated/α-hetero) is 1. The Labute approximate surface area is 164 Å². The van der Waals surface area contributed by atoms with Crippen LogP contribution in [0.2, 0.25) is 0 Å². The first-order valence-electron chi connectivity index (χ1n) is 8.45. The fraction of sp³-hybridized carbons (Fsp3) is 0.143. The van der Waals surface area contributed by atoms with Gasteiger partial charge in [-0.1, -0.05) is 12.1 Å². The average Bonchev–Trinajstić information content (AvgIpc) is 3.16. The molecule has 2 aromatic carbocycles. The molecule has 0 radical (unpaired) electrons. The van der Waals surface area contributed by atoms with Gasteiger partial charge in [-0.25, -0.2) is 9.18 Å². The Morgan fingerprint density at radius 2 is 2.00 bits per heavy atom. The van der Waals surface area contributed by atoms with Crippen molar-refractivity contribution in [1.82, 2.24) is 0 Å². The molecule has 0 saturated heterocycles. The van der Waals surface area contributed by atoms with Crippen molar-refractivity contribution in [2.75, 3.05) is 13.7 Å². The van der Waals surface area contributed by atoms with Gasteiger partial charge in [-0.15, -0.1) is 11.3 Å². The number of hydrogen-bond acceptors (Lipinski definition) is 6. The van der Waals surface area contributed by atoms with Crippen molar-refractivity contribution in [3.8, 4) is 21.9 Å². The molecule has 0 amide bonds. The number of para-hydroxylation sites is 1. The van der Waals surface area contributed by atoms with E-state index in [1.165, 1.54) is 30.6 Å². The lowest BCUT2D eigenvalue weighted by molar-refractivity contribution is 0.0478. The van der Waals surface area contributed by atoms with E-state index in [4.69, 9.17) is 14.2 Å². The van der Waals surface area contributed by atoms with Gasteiger partial charge in [0.25, 0.3) is 0 Å². The summed E-state index contributed by atoms with van der Waals surface area (Å²) >= 11 is 1.29. The molecule has 0 bridgehead atoms. The molecule has 3 aromatic rings. The molecular formula is C21H15FO5S. The minimum absolute atomic E-state index is 0.0306. The lowest BCUT2D eigenvalue weighted by atomic mass is 10.1. The van der Waals surface area contributed by atoms with E-state index in [9.17, 15) is 14.0 Å². The molecule has 0 aliphatic carbocycles. The standard InChI is InChI=1S/C21H15FO5S/c1-25-17-7-6-13(22)9-15(17)16(23)11-27-21(24)19-8-12-10-26-18-5-3-2-4-14(18)20(12)28-19/h2-9H,10-11H2,1H3. The van der Waals surface area contributed by atoms with Gasteiger partial charge in [-0.05, 0) is 36.4 Å². The highest BCUT2D eigenvalue weighted by Crippen LogP contribution is 2.42. The Balaban J connectivity index is 1.49. The SMILES string of the molecule is COc1ccc(F)cc1C(=O)COC(=O)c1cc2c(s1)-c1ccccc1OC2. The summed E-state index contributed by atoms with van der Waals surface area (Å²) < 4.78 is 29.3. The average molecular weight is 398 g/mol. The van der Waals surface area contributed by atoms with Gasteiger partial charge in [0.15, 0.2) is 6.61 Å². The van der Waals surface area contributed by atoms with Crippen LogP contribution in [0.25, 0.3) is 10.4 Å². The second-order valence-electron chi connectivity index (χ2n) is 6.09. The normalized spacial score (nSPS) is 11.8.